The lowest BCUT2D eigenvalue weighted by Crippen LogP contribution is -2.26. The van der Waals surface area contributed by atoms with Gasteiger partial charge in [0.1, 0.15) is 22.7 Å². The zero-order chi connectivity index (χ0) is 21.3. The van der Waals surface area contributed by atoms with Crippen LogP contribution < -0.4 is 11.1 Å². The molecule has 4 rings (SSSR count). The lowest BCUT2D eigenvalue weighted by molar-refractivity contribution is 0.0954. The van der Waals surface area contributed by atoms with Gasteiger partial charge in [-0.1, -0.05) is 38.1 Å². The number of hydrogen-bond donors (Lipinski definition) is 2. The summed E-state index contributed by atoms with van der Waals surface area (Å²) in [7, 11) is 0. The number of anilines is 1. The first-order valence-electron chi connectivity index (χ1n) is 10.0. The predicted octanol–water partition coefficient (Wildman–Crippen LogP) is 4.13. The minimum Gasteiger partial charge on any atom is -0.384 e. The zero-order valence-electron chi connectivity index (χ0n) is 17.0. The van der Waals surface area contributed by atoms with Crippen molar-refractivity contribution in [1.29, 1.82) is 0 Å². The molecule has 154 valence electrons. The third-order valence-corrected chi connectivity index (χ3v) is 5.08. The molecule has 0 spiro atoms. The maximum absolute atomic E-state index is 13.3. The number of nitrogens with zero attached hydrogens (tertiary/aromatic N) is 3. The van der Waals surface area contributed by atoms with Crippen molar-refractivity contribution in [1.82, 2.24) is 19.9 Å². The number of nitrogen functional groups attached to an aromatic ring is 1. The molecule has 4 aromatic rings. The third kappa shape index (κ3) is 3.83. The SMILES string of the molecule is CC(C)CCNC(=O)c1c(N)n(Cc2ccc(F)cc2)c2nc3ccccc3nc12. The van der Waals surface area contributed by atoms with Gasteiger partial charge in [-0.3, -0.25) is 4.79 Å². The van der Waals surface area contributed by atoms with E-state index in [1.165, 1.54) is 12.1 Å². The molecule has 6 nitrogen and oxygen atoms in total. The van der Waals surface area contributed by atoms with Crippen LogP contribution in [0.15, 0.2) is 48.5 Å². The molecule has 0 aliphatic rings. The van der Waals surface area contributed by atoms with Crippen molar-refractivity contribution >= 4 is 33.9 Å². The van der Waals surface area contributed by atoms with Crippen LogP contribution in [0.2, 0.25) is 0 Å². The Balaban J connectivity index is 1.83. The summed E-state index contributed by atoms with van der Waals surface area (Å²) >= 11 is 0. The van der Waals surface area contributed by atoms with Gasteiger partial charge in [-0.05, 0) is 42.2 Å². The smallest absolute Gasteiger partial charge is 0.257 e. The second-order valence-corrected chi connectivity index (χ2v) is 7.80. The summed E-state index contributed by atoms with van der Waals surface area (Å²) < 4.78 is 15.1. The minimum absolute atomic E-state index is 0.263. The Kier molecular flexibility index (Phi) is 5.35. The van der Waals surface area contributed by atoms with E-state index in [9.17, 15) is 9.18 Å². The number of nitrogens with one attached hydrogen (secondary N) is 1. The molecule has 0 fully saturated rings. The predicted molar refractivity (Wildman–Crippen MR) is 117 cm³/mol. The van der Waals surface area contributed by atoms with Gasteiger partial charge in [0.2, 0.25) is 0 Å². The third-order valence-electron chi connectivity index (χ3n) is 5.08. The zero-order valence-corrected chi connectivity index (χ0v) is 17.0. The first-order chi connectivity index (χ1) is 14.4. The summed E-state index contributed by atoms with van der Waals surface area (Å²) in [4.78, 5) is 22.4. The van der Waals surface area contributed by atoms with Gasteiger partial charge >= 0.3 is 0 Å². The Bertz CT molecular complexity index is 1210. The lowest BCUT2D eigenvalue weighted by atomic mass is 10.1. The Morgan fingerprint density at radius 3 is 2.43 bits per heavy atom. The van der Waals surface area contributed by atoms with Crippen LogP contribution in [0.5, 0.6) is 0 Å². The van der Waals surface area contributed by atoms with E-state index in [0.717, 1.165) is 17.5 Å². The first-order valence-corrected chi connectivity index (χ1v) is 10.0. The Hall–Kier alpha value is -3.48. The lowest BCUT2D eigenvalue weighted by Gasteiger charge is -2.09. The number of carbonyl (C=O) groups excluding carboxylic acids is 1. The van der Waals surface area contributed by atoms with Crippen molar-refractivity contribution in [3.63, 3.8) is 0 Å². The van der Waals surface area contributed by atoms with E-state index in [-0.39, 0.29) is 11.7 Å². The van der Waals surface area contributed by atoms with E-state index in [0.29, 0.717) is 47.1 Å². The summed E-state index contributed by atoms with van der Waals surface area (Å²) in [5.74, 6) is 0.207. The summed E-state index contributed by atoms with van der Waals surface area (Å²) in [5.41, 5.74) is 10.0. The highest BCUT2D eigenvalue weighted by Gasteiger charge is 2.24. The molecule has 3 N–H and O–H groups in total. The van der Waals surface area contributed by atoms with Gasteiger partial charge in [0.05, 0.1) is 17.6 Å². The van der Waals surface area contributed by atoms with E-state index in [1.807, 2.05) is 24.3 Å². The van der Waals surface area contributed by atoms with Crippen LogP contribution in [0.1, 0.15) is 36.2 Å². The molecule has 2 aromatic carbocycles. The normalized spacial score (nSPS) is 11.5. The summed E-state index contributed by atoms with van der Waals surface area (Å²) in [6.07, 6.45) is 0.870. The molecule has 0 radical (unpaired) electrons. The molecule has 0 unspecified atom stereocenters. The van der Waals surface area contributed by atoms with Crippen LogP contribution in [-0.4, -0.2) is 27.0 Å². The molecule has 30 heavy (non-hydrogen) atoms. The van der Waals surface area contributed by atoms with Crippen LogP contribution in [0, 0.1) is 11.7 Å². The van der Waals surface area contributed by atoms with Crippen molar-refractivity contribution in [2.75, 3.05) is 12.3 Å². The number of nitrogens with two attached hydrogens (primary N) is 1. The number of benzene rings is 2. The maximum Gasteiger partial charge on any atom is 0.257 e. The minimum atomic E-state index is -0.305. The van der Waals surface area contributed by atoms with E-state index >= 15 is 0 Å². The van der Waals surface area contributed by atoms with Crippen LogP contribution in [0.3, 0.4) is 0 Å². The van der Waals surface area contributed by atoms with Gasteiger partial charge < -0.3 is 15.6 Å². The highest BCUT2D eigenvalue weighted by atomic mass is 19.1. The molecular formula is C23H24FN5O. The fourth-order valence-corrected chi connectivity index (χ4v) is 3.44. The average Bonchev–Trinajstić information content (AvgIpc) is 2.98. The van der Waals surface area contributed by atoms with Crippen molar-refractivity contribution in [2.45, 2.75) is 26.8 Å². The molecule has 0 aliphatic heterocycles. The fraction of sp³-hybridized carbons (Fsp3) is 0.261. The van der Waals surface area contributed by atoms with Gasteiger partial charge in [-0.15, -0.1) is 0 Å². The van der Waals surface area contributed by atoms with Gasteiger partial charge in [-0.2, -0.15) is 0 Å². The van der Waals surface area contributed by atoms with Crippen LogP contribution in [-0.2, 0) is 6.54 Å². The monoisotopic (exact) mass is 405 g/mol. The largest absolute Gasteiger partial charge is 0.384 e. The number of fused-ring (bicyclic) bond motifs is 2. The van der Waals surface area contributed by atoms with Gasteiger partial charge in [0.15, 0.2) is 5.65 Å². The van der Waals surface area contributed by atoms with Crippen molar-refractivity contribution in [2.24, 2.45) is 5.92 Å². The Morgan fingerprint density at radius 2 is 1.77 bits per heavy atom. The molecule has 2 heterocycles. The van der Waals surface area contributed by atoms with E-state index in [2.05, 4.69) is 19.2 Å². The first kappa shape index (κ1) is 19.8. The summed E-state index contributed by atoms with van der Waals surface area (Å²) in [5, 5.41) is 2.95. The molecule has 0 atom stereocenters. The second kappa shape index (κ2) is 8.10. The molecule has 2 aromatic heterocycles. The van der Waals surface area contributed by atoms with Crippen molar-refractivity contribution in [3.05, 3.63) is 65.5 Å². The van der Waals surface area contributed by atoms with Crippen LogP contribution in [0.4, 0.5) is 10.2 Å². The summed E-state index contributed by atoms with van der Waals surface area (Å²) in [6, 6.07) is 13.7. The molecule has 7 heteroatoms. The van der Waals surface area contributed by atoms with Crippen LogP contribution >= 0.6 is 0 Å². The highest BCUT2D eigenvalue weighted by molar-refractivity contribution is 6.10. The molecule has 1 amide bonds. The number of hydrogen-bond acceptors (Lipinski definition) is 4. The number of para-hydroxylation sites is 2. The number of rotatable bonds is 6. The summed E-state index contributed by atoms with van der Waals surface area (Å²) in [6.45, 7) is 5.12. The molecule has 0 saturated carbocycles. The number of halogens is 1. The average molecular weight is 405 g/mol. The number of amides is 1. The maximum atomic E-state index is 13.3. The van der Waals surface area contributed by atoms with Gasteiger partial charge in [-0.25, -0.2) is 14.4 Å². The quantitative estimate of drug-likeness (QED) is 0.505. The van der Waals surface area contributed by atoms with Crippen molar-refractivity contribution < 1.29 is 9.18 Å². The molecule has 0 bridgehead atoms. The van der Waals surface area contributed by atoms with E-state index in [1.54, 1.807) is 16.7 Å². The Morgan fingerprint density at radius 1 is 1.10 bits per heavy atom. The van der Waals surface area contributed by atoms with Crippen LogP contribution in [0.25, 0.3) is 22.2 Å². The van der Waals surface area contributed by atoms with Gasteiger partial charge in [0, 0.05) is 6.54 Å². The standard InChI is InChI=1S/C23H24FN5O/c1-14(2)11-12-26-23(30)19-20-22(28-18-6-4-3-5-17(18)27-20)29(21(19)25)13-15-7-9-16(24)10-8-15/h3-10,14H,11-13,25H2,1-2H3,(H,26,30). The molecule has 0 aliphatic carbocycles. The number of aromatic nitrogens is 3. The topological polar surface area (TPSA) is 85.8 Å². The highest BCUT2D eigenvalue weighted by Crippen LogP contribution is 2.28. The van der Waals surface area contributed by atoms with Crippen molar-refractivity contribution in [3.8, 4) is 0 Å². The molecular weight excluding hydrogens is 381 g/mol. The van der Waals surface area contributed by atoms with Gasteiger partial charge in [0.25, 0.3) is 5.91 Å². The molecule has 0 saturated heterocycles. The Labute approximate surface area is 173 Å². The second-order valence-electron chi connectivity index (χ2n) is 7.80. The van der Waals surface area contributed by atoms with E-state index in [4.69, 9.17) is 15.7 Å². The number of carbonyl (C=O) groups is 1. The fourth-order valence-electron chi connectivity index (χ4n) is 3.44. The van der Waals surface area contributed by atoms with E-state index < -0.39 is 0 Å².